The SMILES string of the molecule is COc1cccc2c(-c3cc(CN4CCCC4)on3)c(C)n(C3CCCCC3)c12. The van der Waals surface area contributed by atoms with Crippen LogP contribution in [0, 0.1) is 6.92 Å². The molecule has 0 amide bonds. The second kappa shape index (κ2) is 7.86. The number of hydrogen-bond acceptors (Lipinski definition) is 4. The Morgan fingerprint density at radius 3 is 2.66 bits per heavy atom. The van der Waals surface area contributed by atoms with Crippen LogP contribution >= 0.6 is 0 Å². The van der Waals surface area contributed by atoms with Crippen molar-refractivity contribution in [3.63, 3.8) is 0 Å². The molecule has 1 aliphatic carbocycles. The summed E-state index contributed by atoms with van der Waals surface area (Å²) in [7, 11) is 1.77. The zero-order chi connectivity index (χ0) is 19.8. The van der Waals surface area contributed by atoms with Crippen molar-refractivity contribution in [1.82, 2.24) is 14.6 Å². The van der Waals surface area contributed by atoms with E-state index < -0.39 is 0 Å². The number of hydrogen-bond donors (Lipinski definition) is 0. The van der Waals surface area contributed by atoms with Crippen molar-refractivity contribution in [2.24, 2.45) is 0 Å². The highest BCUT2D eigenvalue weighted by Crippen LogP contribution is 2.43. The van der Waals surface area contributed by atoms with Gasteiger partial charge in [-0.3, -0.25) is 4.90 Å². The van der Waals surface area contributed by atoms with Gasteiger partial charge in [0.2, 0.25) is 0 Å². The van der Waals surface area contributed by atoms with Gasteiger partial charge in [0.05, 0.1) is 19.2 Å². The summed E-state index contributed by atoms with van der Waals surface area (Å²) >= 11 is 0. The predicted octanol–water partition coefficient (Wildman–Crippen LogP) is 5.71. The van der Waals surface area contributed by atoms with Crippen LogP contribution in [0.3, 0.4) is 0 Å². The van der Waals surface area contributed by atoms with Gasteiger partial charge in [0.25, 0.3) is 0 Å². The third-order valence-electron chi connectivity index (χ3n) is 6.79. The molecule has 5 rings (SSSR count). The van der Waals surface area contributed by atoms with Crippen molar-refractivity contribution >= 4 is 10.9 Å². The van der Waals surface area contributed by atoms with Gasteiger partial charge in [0.15, 0.2) is 5.76 Å². The summed E-state index contributed by atoms with van der Waals surface area (Å²) in [5.74, 6) is 1.91. The van der Waals surface area contributed by atoms with E-state index in [1.807, 2.05) is 0 Å². The summed E-state index contributed by atoms with van der Waals surface area (Å²) < 4.78 is 14.1. The Morgan fingerprint density at radius 1 is 1.10 bits per heavy atom. The number of benzene rings is 1. The van der Waals surface area contributed by atoms with E-state index in [4.69, 9.17) is 9.26 Å². The Bertz CT molecular complexity index is 991. The quantitative estimate of drug-likeness (QED) is 0.556. The van der Waals surface area contributed by atoms with Crippen molar-refractivity contribution in [2.45, 2.75) is 64.5 Å². The number of aromatic nitrogens is 2. The van der Waals surface area contributed by atoms with E-state index in [2.05, 4.69) is 45.8 Å². The highest BCUT2D eigenvalue weighted by molar-refractivity contribution is 6.00. The van der Waals surface area contributed by atoms with Gasteiger partial charge in [-0.2, -0.15) is 0 Å². The molecule has 29 heavy (non-hydrogen) atoms. The molecular weight excluding hydrogens is 362 g/mol. The second-order valence-electron chi connectivity index (χ2n) is 8.64. The van der Waals surface area contributed by atoms with Crippen molar-refractivity contribution in [1.29, 1.82) is 0 Å². The second-order valence-corrected chi connectivity index (χ2v) is 8.64. The molecule has 1 saturated carbocycles. The molecule has 5 heteroatoms. The molecule has 2 aromatic heterocycles. The number of methoxy groups -OCH3 is 1. The van der Waals surface area contributed by atoms with Crippen LogP contribution in [0.5, 0.6) is 5.75 Å². The number of rotatable bonds is 5. The molecule has 1 aromatic carbocycles. The lowest BCUT2D eigenvalue weighted by atomic mass is 9.95. The highest BCUT2D eigenvalue weighted by atomic mass is 16.5. The van der Waals surface area contributed by atoms with Gasteiger partial charge in [-0.25, -0.2) is 0 Å². The Hall–Kier alpha value is -2.27. The normalized spacial score (nSPS) is 18.7. The summed E-state index contributed by atoms with van der Waals surface area (Å²) in [6.45, 7) is 5.41. The molecule has 0 atom stereocenters. The number of nitrogens with zero attached hydrogens (tertiary/aromatic N) is 3. The lowest BCUT2D eigenvalue weighted by Crippen LogP contribution is -2.17. The molecule has 0 bridgehead atoms. The first kappa shape index (κ1) is 18.7. The van der Waals surface area contributed by atoms with Crippen LogP contribution in [0.4, 0.5) is 0 Å². The third-order valence-corrected chi connectivity index (χ3v) is 6.79. The first-order chi connectivity index (χ1) is 14.3. The summed E-state index contributed by atoms with van der Waals surface area (Å²) in [5.41, 5.74) is 4.63. The van der Waals surface area contributed by atoms with E-state index in [0.717, 1.165) is 36.8 Å². The monoisotopic (exact) mass is 393 g/mol. The summed E-state index contributed by atoms with van der Waals surface area (Å²) in [5, 5.41) is 5.71. The fourth-order valence-corrected chi connectivity index (χ4v) is 5.41. The highest BCUT2D eigenvalue weighted by Gasteiger charge is 2.26. The third kappa shape index (κ3) is 3.35. The zero-order valence-corrected chi connectivity index (χ0v) is 17.6. The summed E-state index contributed by atoms with van der Waals surface area (Å²) in [6.07, 6.45) is 9.00. The standard InChI is InChI=1S/C24H31N3O2/c1-17-23(21-15-19(29-25-21)16-26-13-6-7-14-26)20-11-8-12-22(28-2)24(20)27(17)18-9-4-3-5-10-18/h8,11-12,15,18H,3-7,9-10,13-14,16H2,1-2H3. The molecule has 3 heterocycles. The number of likely N-dealkylation sites (tertiary alicyclic amines) is 1. The maximum Gasteiger partial charge on any atom is 0.151 e. The Balaban J connectivity index is 1.60. The molecule has 0 unspecified atom stereocenters. The molecule has 0 spiro atoms. The number of para-hydroxylation sites is 1. The van der Waals surface area contributed by atoms with Gasteiger partial charge in [-0.05, 0) is 51.8 Å². The average molecular weight is 394 g/mol. The molecule has 3 aromatic rings. The Morgan fingerprint density at radius 2 is 1.90 bits per heavy atom. The van der Waals surface area contributed by atoms with Gasteiger partial charge < -0.3 is 13.8 Å². The van der Waals surface area contributed by atoms with Crippen LogP contribution in [-0.4, -0.2) is 34.8 Å². The fraction of sp³-hybridized carbons (Fsp3) is 0.542. The van der Waals surface area contributed by atoms with Gasteiger partial charge in [-0.15, -0.1) is 0 Å². The minimum absolute atomic E-state index is 0.535. The average Bonchev–Trinajstić information content (AvgIpc) is 3.48. The minimum atomic E-state index is 0.535. The molecule has 2 aliphatic rings. The van der Waals surface area contributed by atoms with Crippen molar-refractivity contribution in [3.8, 4) is 17.0 Å². The van der Waals surface area contributed by atoms with E-state index in [-0.39, 0.29) is 0 Å². The van der Waals surface area contributed by atoms with Crippen LogP contribution < -0.4 is 4.74 Å². The molecule has 154 valence electrons. The molecule has 0 radical (unpaired) electrons. The van der Waals surface area contributed by atoms with Crippen molar-refractivity contribution < 1.29 is 9.26 Å². The molecule has 0 N–H and O–H groups in total. The van der Waals surface area contributed by atoms with E-state index >= 15 is 0 Å². The lowest BCUT2D eigenvalue weighted by Gasteiger charge is -2.26. The van der Waals surface area contributed by atoms with Crippen LogP contribution in [-0.2, 0) is 6.54 Å². The minimum Gasteiger partial charge on any atom is -0.495 e. The molecule has 5 nitrogen and oxygen atoms in total. The zero-order valence-electron chi connectivity index (χ0n) is 17.6. The predicted molar refractivity (Wildman–Crippen MR) is 115 cm³/mol. The largest absolute Gasteiger partial charge is 0.495 e. The molecule has 2 fully saturated rings. The summed E-state index contributed by atoms with van der Waals surface area (Å²) in [6, 6.07) is 9.04. The fourth-order valence-electron chi connectivity index (χ4n) is 5.41. The topological polar surface area (TPSA) is 43.4 Å². The van der Waals surface area contributed by atoms with Gasteiger partial charge in [0.1, 0.15) is 11.4 Å². The van der Waals surface area contributed by atoms with E-state index in [9.17, 15) is 0 Å². The maximum atomic E-state index is 5.79. The molecular formula is C24H31N3O2. The van der Waals surface area contributed by atoms with Crippen LogP contribution in [0.15, 0.2) is 28.8 Å². The van der Waals surface area contributed by atoms with E-state index in [1.54, 1.807) is 7.11 Å². The van der Waals surface area contributed by atoms with Crippen LogP contribution in [0.1, 0.15) is 62.4 Å². The Labute approximate surface area is 172 Å². The van der Waals surface area contributed by atoms with Gasteiger partial charge in [0, 0.05) is 28.8 Å². The van der Waals surface area contributed by atoms with E-state index in [0.29, 0.717) is 6.04 Å². The number of fused-ring (bicyclic) bond motifs is 1. The van der Waals surface area contributed by atoms with Crippen molar-refractivity contribution in [2.75, 3.05) is 20.2 Å². The number of ether oxygens (including phenoxy) is 1. The van der Waals surface area contributed by atoms with Gasteiger partial charge >= 0.3 is 0 Å². The first-order valence-corrected chi connectivity index (χ1v) is 11.1. The van der Waals surface area contributed by atoms with Crippen LogP contribution in [0.2, 0.25) is 0 Å². The van der Waals surface area contributed by atoms with Gasteiger partial charge in [-0.1, -0.05) is 36.6 Å². The molecule has 1 aliphatic heterocycles. The van der Waals surface area contributed by atoms with Crippen molar-refractivity contribution in [3.05, 3.63) is 35.7 Å². The summed E-state index contributed by atoms with van der Waals surface area (Å²) in [4.78, 5) is 2.45. The lowest BCUT2D eigenvalue weighted by molar-refractivity contribution is 0.274. The Kier molecular flexibility index (Phi) is 5.08. The first-order valence-electron chi connectivity index (χ1n) is 11.1. The smallest absolute Gasteiger partial charge is 0.151 e. The molecule has 1 saturated heterocycles. The van der Waals surface area contributed by atoms with Crippen LogP contribution in [0.25, 0.3) is 22.2 Å². The van der Waals surface area contributed by atoms with E-state index in [1.165, 1.54) is 67.1 Å². The maximum absolute atomic E-state index is 5.79.